The van der Waals surface area contributed by atoms with E-state index < -0.39 is 5.60 Å². The van der Waals surface area contributed by atoms with Crippen molar-refractivity contribution in [3.05, 3.63) is 35.4 Å². The van der Waals surface area contributed by atoms with Crippen LogP contribution in [-0.4, -0.2) is 45.8 Å². The van der Waals surface area contributed by atoms with E-state index in [1.165, 1.54) is 24.0 Å². The van der Waals surface area contributed by atoms with Gasteiger partial charge in [0.1, 0.15) is 0 Å². The summed E-state index contributed by atoms with van der Waals surface area (Å²) in [6.45, 7) is 3.10. The summed E-state index contributed by atoms with van der Waals surface area (Å²) in [4.78, 5) is 14.9. The van der Waals surface area contributed by atoms with Crippen molar-refractivity contribution in [1.82, 2.24) is 4.90 Å². The number of carbonyl (C=O) groups is 1. The van der Waals surface area contributed by atoms with Gasteiger partial charge in [0.05, 0.1) is 11.7 Å². The highest BCUT2D eigenvalue weighted by molar-refractivity contribution is 5.78. The molecule has 4 saturated carbocycles. The SMILES string of the molecule is Cc1cccc(CC2(CC(=O)N3CC(O)C3)C3CC4CC2CC(O)(C4)C3)c1. The molecule has 1 saturated heterocycles. The van der Waals surface area contributed by atoms with Crippen LogP contribution in [0.1, 0.15) is 49.7 Å². The molecule has 1 amide bonds. The van der Waals surface area contributed by atoms with Crippen LogP contribution in [0.5, 0.6) is 0 Å². The summed E-state index contributed by atoms with van der Waals surface area (Å²) in [6.07, 6.45) is 6.19. The lowest BCUT2D eigenvalue weighted by atomic mass is 9.42. The Balaban J connectivity index is 1.47. The highest BCUT2D eigenvalue weighted by Gasteiger charge is 2.62. The summed E-state index contributed by atoms with van der Waals surface area (Å²) >= 11 is 0. The number of nitrogens with zero attached hydrogens (tertiary/aromatic N) is 1. The molecule has 5 fully saturated rings. The van der Waals surface area contributed by atoms with Crippen molar-refractivity contribution >= 4 is 5.91 Å². The van der Waals surface area contributed by atoms with Gasteiger partial charge in [-0.2, -0.15) is 0 Å². The molecule has 5 aliphatic rings. The average molecular weight is 370 g/mol. The fraction of sp³-hybridized carbons (Fsp3) is 0.696. The van der Waals surface area contributed by atoms with Gasteiger partial charge in [-0.25, -0.2) is 0 Å². The molecule has 2 N–H and O–H groups in total. The smallest absolute Gasteiger partial charge is 0.223 e. The lowest BCUT2D eigenvalue weighted by molar-refractivity contribution is -0.198. The lowest BCUT2D eigenvalue weighted by Crippen LogP contribution is -2.62. The van der Waals surface area contributed by atoms with E-state index in [-0.39, 0.29) is 17.4 Å². The minimum absolute atomic E-state index is 0.0332. The van der Waals surface area contributed by atoms with Crippen LogP contribution in [-0.2, 0) is 11.2 Å². The Morgan fingerprint density at radius 1 is 1.19 bits per heavy atom. The zero-order valence-electron chi connectivity index (χ0n) is 16.2. The number of β-amino-alcohol motifs (C(OH)–C–C–N with tert-alkyl or cyclic N) is 1. The molecular formula is C23H31NO3. The molecule has 1 aliphatic heterocycles. The molecule has 1 aromatic rings. The molecule has 4 aliphatic carbocycles. The Labute approximate surface area is 161 Å². The third-order valence-electron chi connectivity index (χ3n) is 8.09. The van der Waals surface area contributed by atoms with Gasteiger partial charge in [0, 0.05) is 19.5 Å². The summed E-state index contributed by atoms with van der Waals surface area (Å²) in [5, 5.41) is 20.7. The number of hydrogen-bond acceptors (Lipinski definition) is 3. The van der Waals surface area contributed by atoms with Crippen molar-refractivity contribution in [3.8, 4) is 0 Å². The highest BCUT2D eigenvalue weighted by Crippen LogP contribution is 2.65. The van der Waals surface area contributed by atoms with Crippen molar-refractivity contribution in [2.75, 3.05) is 13.1 Å². The third kappa shape index (κ3) is 2.92. The van der Waals surface area contributed by atoms with Gasteiger partial charge in [0.25, 0.3) is 0 Å². The number of aliphatic hydroxyl groups excluding tert-OH is 1. The molecule has 0 radical (unpaired) electrons. The van der Waals surface area contributed by atoms with Gasteiger partial charge in [-0.15, -0.1) is 0 Å². The van der Waals surface area contributed by atoms with E-state index in [0.717, 1.165) is 25.7 Å². The van der Waals surface area contributed by atoms with Crippen LogP contribution in [0.2, 0.25) is 0 Å². The van der Waals surface area contributed by atoms with Gasteiger partial charge in [0.2, 0.25) is 5.91 Å². The number of likely N-dealkylation sites (tertiary alicyclic amines) is 1. The second-order valence-corrected chi connectivity index (χ2v) is 10.1. The molecule has 146 valence electrons. The standard InChI is InChI=1S/C23H31NO3/c1-15-3-2-4-16(5-15)9-23(12-21(26)24-13-20(25)14-24)18-6-17-7-19(23)11-22(27,8-17)10-18/h2-5,17-20,25,27H,6-14H2,1H3. The van der Waals surface area contributed by atoms with Crippen LogP contribution in [0, 0.1) is 30.1 Å². The second kappa shape index (κ2) is 6.05. The Bertz CT molecular complexity index is 738. The van der Waals surface area contributed by atoms with E-state index >= 15 is 0 Å². The first-order chi connectivity index (χ1) is 12.9. The molecule has 4 bridgehead atoms. The normalized spacial score (nSPS) is 40.3. The summed E-state index contributed by atoms with van der Waals surface area (Å²) in [5.41, 5.74) is 2.07. The number of hydrogen-bond donors (Lipinski definition) is 2. The van der Waals surface area contributed by atoms with E-state index in [1.807, 2.05) is 4.90 Å². The van der Waals surface area contributed by atoms with Crippen molar-refractivity contribution in [2.24, 2.45) is 23.2 Å². The maximum Gasteiger partial charge on any atom is 0.223 e. The van der Waals surface area contributed by atoms with Gasteiger partial charge in [0.15, 0.2) is 0 Å². The van der Waals surface area contributed by atoms with Gasteiger partial charge in [-0.3, -0.25) is 4.79 Å². The zero-order chi connectivity index (χ0) is 18.8. The van der Waals surface area contributed by atoms with Crippen LogP contribution < -0.4 is 0 Å². The Morgan fingerprint density at radius 2 is 1.89 bits per heavy atom. The minimum atomic E-state index is -0.484. The summed E-state index contributed by atoms with van der Waals surface area (Å²) < 4.78 is 0. The first kappa shape index (κ1) is 17.7. The van der Waals surface area contributed by atoms with Crippen LogP contribution >= 0.6 is 0 Å². The Hall–Kier alpha value is -1.39. The lowest BCUT2D eigenvalue weighted by Gasteiger charge is -2.64. The highest BCUT2D eigenvalue weighted by atomic mass is 16.3. The van der Waals surface area contributed by atoms with E-state index in [1.54, 1.807) is 0 Å². The van der Waals surface area contributed by atoms with Crippen LogP contribution in [0.3, 0.4) is 0 Å². The van der Waals surface area contributed by atoms with Crippen molar-refractivity contribution in [1.29, 1.82) is 0 Å². The maximum atomic E-state index is 13.1. The molecule has 0 aromatic heterocycles. The van der Waals surface area contributed by atoms with Crippen molar-refractivity contribution in [3.63, 3.8) is 0 Å². The monoisotopic (exact) mass is 369 g/mol. The van der Waals surface area contributed by atoms with E-state index in [9.17, 15) is 15.0 Å². The fourth-order valence-corrected chi connectivity index (χ4v) is 7.04. The van der Waals surface area contributed by atoms with Crippen LogP contribution in [0.25, 0.3) is 0 Å². The Kier molecular flexibility index (Phi) is 3.97. The molecule has 1 heterocycles. The molecule has 4 heteroatoms. The van der Waals surface area contributed by atoms with E-state index in [0.29, 0.717) is 37.3 Å². The van der Waals surface area contributed by atoms with Gasteiger partial charge >= 0.3 is 0 Å². The number of amides is 1. The van der Waals surface area contributed by atoms with Gasteiger partial charge < -0.3 is 15.1 Å². The quantitative estimate of drug-likeness (QED) is 0.858. The average Bonchev–Trinajstić information content (AvgIpc) is 2.55. The third-order valence-corrected chi connectivity index (χ3v) is 8.09. The predicted molar refractivity (Wildman–Crippen MR) is 103 cm³/mol. The van der Waals surface area contributed by atoms with E-state index in [4.69, 9.17) is 0 Å². The molecule has 0 spiro atoms. The summed E-state index contributed by atoms with van der Waals surface area (Å²) in [5.74, 6) is 1.71. The number of rotatable bonds is 4. The van der Waals surface area contributed by atoms with Crippen molar-refractivity contribution < 1.29 is 15.0 Å². The minimum Gasteiger partial charge on any atom is -0.390 e. The van der Waals surface area contributed by atoms with Crippen LogP contribution in [0.4, 0.5) is 0 Å². The summed E-state index contributed by atoms with van der Waals surface area (Å²) in [7, 11) is 0. The first-order valence-electron chi connectivity index (χ1n) is 10.6. The van der Waals surface area contributed by atoms with Gasteiger partial charge in [-0.05, 0) is 74.2 Å². The maximum absolute atomic E-state index is 13.1. The van der Waals surface area contributed by atoms with Gasteiger partial charge in [-0.1, -0.05) is 29.8 Å². The number of benzene rings is 1. The summed E-state index contributed by atoms with van der Waals surface area (Å²) in [6, 6.07) is 8.71. The Morgan fingerprint density at radius 3 is 2.48 bits per heavy atom. The molecule has 1 aromatic carbocycles. The first-order valence-corrected chi connectivity index (χ1v) is 10.6. The zero-order valence-corrected chi connectivity index (χ0v) is 16.2. The fourth-order valence-electron chi connectivity index (χ4n) is 7.04. The molecule has 2 unspecified atom stereocenters. The number of carbonyl (C=O) groups excluding carboxylic acids is 1. The van der Waals surface area contributed by atoms with Crippen LogP contribution in [0.15, 0.2) is 24.3 Å². The van der Waals surface area contributed by atoms with E-state index in [2.05, 4.69) is 31.2 Å². The molecule has 6 rings (SSSR count). The number of aryl methyl sites for hydroxylation is 1. The predicted octanol–water partition coefficient (Wildman–Crippen LogP) is 2.69. The molecule has 27 heavy (non-hydrogen) atoms. The molecule has 2 atom stereocenters. The second-order valence-electron chi connectivity index (χ2n) is 10.1. The number of aliphatic hydroxyl groups is 2. The molecular weight excluding hydrogens is 338 g/mol. The molecule has 4 nitrogen and oxygen atoms in total. The van der Waals surface area contributed by atoms with Crippen molar-refractivity contribution in [2.45, 2.75) is 63.6 Å². The largest absolute Gasteiger partial charge is 0.390 e. The topological polar surface area (TPSA) is 60.8 Å².